The minimum absolute atomic E-state index is 0.0469. The van der Waals surface area contributed by atoms with Crippen LogP contribution in [0.5, 0.6) is 0 Å². The van der Waals surface area contributed by atoms with Gasteiger partial charge in [0.2, 0.25) is 0 Å². The zero-order chi connectivity index (χ0) is 22.7. The zero-order valence-electron chi connectivity index (χ0n) is 17.5. The van der Waals surface area contributed by atoms with Crippen LogP contribution in [-0.4, -0.2) is 66.0 Å². The van der Waals surface area contributed by atoms with E-state index in [1.165, 1.54) is 23.1 Å². The van der Waals surface area contributed by atoms with Gasteiger partial charge in [-0.05, 0) is 48.4 Å². The van der Waals surface area contributed by atoms with Crippen LogP contribution in [0.15, 0.2) is 54.1 Å². The molecule has 4 rings (SSSR count). The molecule has 2 aliphatic heterocycles. The Labute approximate surface area is 190 Å². The van der Waals surface area contributed by atoms with Gasteiger partial charge < -0.3 is 14.7 Å². The molecule has 32 heavy (non-hydrogen) atoms. The minimum Gasteiger partial charge on any atom is -0.507 e. The molecule has 0 aromatic heterocycles. The summed E-state index contributed by atoms with van der Waals surface area (Å²) in [6, 6.07) is 11.2. The summed E-state index contributed by atoms with van der Waals surface area (Å²) in [5, 5.41) is 11.4. The molecule has 1 amide bonds. The first-order chi connectivity index (χ1) is 15.5. The maximum Gasteiger partial charge on any atom is 0.295 e. The van der Waals surface area contributed by atoms with Gasteiger partial charge in [0.25, 0.3) is 11.7 Å². The Kier molecular flexibility index (Phi) is 6.89. The van der Waals surface area contributed by atoms with E-state index in [0.717, 1.165) is 19.6 Å². The van der Waals surface area contributed by atoms with Crippen LogP contribution >= 0.6 is 11.6 Å². The molecule has 2 saturated heterocycles. The number of carbonyl (C=O) groups excluding carboxylic acids is 2. The Morgan fingerprint density at radius 2 is 1.81 bits per heavy atom. The third-order valence-corrected chi connectivity index (χ3v) is 6.05. The monoisotopic (exact) mass is 458 g/mol. The number of Topliss-reactive ketones (excluding diaryl/α,β-unsaturated/α-hetero) is 1. The van der Waals surface area contributed by atoms with Gasteiger partial charge in [0.05, 0.1) is 24.8 Å². The van der Waals surface area contributed by atoms with Crippen molar-refractivity contribution in [3.8, 4) is 0 Å². The number of likely N-dealkylation sites (tertiary alicyclic amines) is 1. The van der Waals surface area contributed by atoms with Gasteiger partial charge in [0, 0.05) is 36.8 Å². The SMILES string of the molecule is O=C1C(=O)N(CCCN2CCOCC2)[C@@H](c2cccc(F)c2)/C1=C(\O)c1ccc(Cl)cc1. The number of nitrogens with zero attached hydrogens (tertiary/aromatic N) is 2. The minimum atomic E-state index is -0.869. The van der Waals surface area contributed by atoms with Crippen LogP contribution in [0.25, 0.3) is 5.76 Å². The smallest absolute Gasteiger partial charge is 0.295 e. The van der Waals surface area contributed by atoms with Crippen LogP contribution in [0, 0.1) is 5.82 Å². The lowest BCUT2D eigenvalue weighted by molar-refractivity contribution is -0.140. The zero-order valence-corrected chi connectivity index (χ0v) is 18.2. The van der Waals surface area contributed by atoms with Gasteiger partial charge >= 0.3 is 0 Å². The first-order valence-electron chi connectivity index (χ1n) is 10.6. The molecule has 1 N–H and O–H groups in total. The standard InChI is InChI=1S/C24H24ClFN2O4/c25-18-7-5-16(6-8-18)22(29)20-21(17-3-1-4-19(26)15-17)28(24(31)23(20)30)10-2-9-27-11-13-32-14-12-27/h1,3-8,15,21,29H,2,9-14H2/b22-20+/t21-/m0/s1. The maximum absolute atomic E-state index is 14.0. The van der Waals surface area contributed by atoms with Crippen molar-refractivity contribution in [3.05, 3.63) is 76.1 Å². The molecule has 168 valence electrons. The van der Waals surface area contributed by atoms with Gasteiger partial charge in [-0.15, -0.1) is 0 Å². The fraction of sp³-hybridized carbons (Fsp3) is 0.333. The number of hydrogen-bond donors (Lipinski definition) is 1. The summed E-state index contributed by atoms with van der Waals surface area (Å²) in [6.07, 6.45) is 0.639. The van der Waals surface area contributed by atoms with E-state index in [1.807, 2.05) is 0 Å². The Morgan fingerprint density at radius 3 is 2.50 bits per heavy atom. The molecule has 2 aliphatic rings. The number of aliphatic hydroxyl groups is 1. The lowest BCUT2D eigenvalue weighted by Gasteiger charge is -2.29. The summed E-state index contributed by atoms with van der Waals surface area (Å²) >= 11 is 5.93. The predicted molar refractivity (Wildman–Crippen MR) is 119 cm³/mol. The van der Waals surface area contributed by atoms with E-state index in [1.54, 1.807) is 30.3 Å². The third kappa shape index (κ3) is 4.70. The molecule has 0 bridgehead atoms. The summed E-state index contributed by atoms with van der Waals surface area (Å²) in [6.45, 7) is 4.05. The van der Waals surface area contributed by atoms with Crippen molar-refractivity contribution in [1.82, 2.24) is 9.80 Å². The van der Waals surface area contributed by atoms with Crippen molar-refractivity contribution in [3.63, 3.8) is 0 Å². The van der Waals surface area contributed by atoms with Crippen molar-refractivity contribution in [2.45, 2.75) is 12.5 Å². The molecule has 2 aromatic rings. The number of carbonyl (C=O) groups is 2. The van der Waals surface area contributed by atoms with E-state index in [2.05, 4.69) is 4.90 Å². The quantitative estimate of drug-likeness (QED) is 0.407. The van der Waals surface area contributed by atoms with Gasteiger partial charge in [0.15, 0.2) is 0 Å². The first kappa shape index (κ1) is 22.5. The molecule has 0 radical (unpaired) electrons. The summed E-state index contributed by atoms with van der Waals surface area (Å²) in [4.78, 5) is 29.6. The highest BCUT2D eigenvalue weighted by Gasteiger charge is 2.45. The molecule has 0 saturated carbocycles. The largest absolute Gasteiger partial charge is 0.507 e. The van der Waals surface area contributed by atoms with Crippen LogP contribution in [0.4, 0.5) is 4.39 Å². The Bertz CT molecular complexity index is 1030. The fourth-order valence-corrected chi connectivity index (χ4v) is 4.31. The van der Waals surface area contributed by atoms with Crippen LogP contribution in [0.3, 0.4) is 0 Å². The molecular formula is C24H24ClFN2O4. The summed E-state index contributed by atoms with van der Waals surface area (Å²) < 4.78 is 19.4. The van der Waals surface area contributed by atoms with Crippen molar-refractivity contribution < 1.29 is 23.8 Å². The van der Waals surface area contributed by atoms with Gasteiger partial charge in [0.1, 0.15) is 11.6 Å². The van der Waals surface area contributed by atoms with Crippen LogP contribution in [0.1, 0.15) is 23.6 Å². The molecule has 8 heteroatoms. The van der Waals surface area contributed by atoms with Crippen molar-refractivity contribution in [2.75, 3.05) is 39.4 Å². The van der Waals surface area contributed by atoms with E-state index in [9.17, 15) is 19.1 Å². The molecule has 0 aliphatic carbocycles. The summed E-state index contributed by atoms with van der Waals surface area (Å²) in [5.74, 6) is -2.26. The van der Waals surface area contributed by atoms with E-state index in [0.29, 0.717) is 42.3 Å². The number of rotatable bonds is 6. The van der Waals surface area contributed by atoms with E-state index in [4.69, 9.17) is 16.3 Å². The Hall–Kier alpha value is -2.74. The van der Waals surface area contributed by atoms with Crippen molar-refractivity contribution in [2.24, 2.45) is 0 Å². The lowest BCUT2D eigenvalue weighted by atomic mass is 9.95. The molecule has 0 unspecified atom stereocenters. The fourth-order valence-electron chi connectivity index (χ4n) is 4.19. The molecule has 6 nitrogen and oxygen atoms in total. The third-order valence-electron chi connectivity index (χ3n) is 5.80. The van der Waals surface area contributed by atoms with Gasteiger partial charge in [-0.3, -0.25) is 14.5 Å². The highest BCUT2D eigenvalue weighted by atomic mass is 35.5. The van der Waals surface area contributed by atoms with Crippen LogP contribution in [-0.2, 0) is 14.3 Å². The van der Waals surface area contributed by atoms with Gasteiger partial charge in [-0.1, -0.05) is 23.7 Å². The number of hydrogen-bond acceptors (Lipinski definition) is 5. The van der Waals surface area contributed by atoms with Gasteiger partial charge in [-0.2, -0.15) is 0 Å². The topological polar surface area (TPSA) is 70.1 Å². The molecule has 1 atom stereocenters. The van der Waals surface area contributed by atoms with Gasteiger partial charge in [-0.25, -0.2) is 4.39 Å². The van der Waals surface area contributed by atoms with E-state index in [-0.39, 0.29) is 11.3 Å². The van der Waals surface area contributed by atoms with E-state index < -0.39 is 23.5 Å². The number of amides is 1. The number of ketones is 1. The second kappa shape index (κ2) is 9.81. The first-order valence-corrected chi connectivity index (χ1v) is 10.9. The van der Waals surface area contributed by atoms with Crippen LogP contribution < -0.4 is 0 Å². The molecule has 2 aromatic carbocycles. The number of halogens is 2. The number of benzene rings is 2. The highest BCUT2D eigenvalue weighted by Crippen LogP contribution is 2.39. The molecular weight excluding hydrogens is 435 g/mol. The average molecular weight is 459 g/mol. The van der Waals surface area contributed by atoms with Crippen molar-refractivity contribution >= 4 is 29.1 Å². The Balaban J connectivity index is 1.67. The highest BCUT2D eigenvalue weighted by molar-refractivity contribution is 6.46. The molecule has 2 fully saturated rings. The maximum atomic E-state index is 14.0. The number of ether oxygens (including phenoxy) is 1. The molecule has 2 heterocycles. The lowest BCUT2D eigenvalue weighted by Crippen LogP contribution is -2.39. The van der Waals surface area contributed by atoms with Crippen molar-refractivity contribution in [1.29, 1.82) is 0 Å². The summed E-state index contributed by atoms with van der Waals surface area (Å²) in [5.41, 5.74) is 0.752. The summed E-state index contributed by atoms with van der Waals surface area (Å²) in [7, 11) is 0. The normalized spacial score (nSPS) is 21.3. The second-order valence-electron chi connectivity index (χ2n) is 7.86. The van der Waals surface area contributed by atoms with E-state index >= 15 is 0 Å². The average Bonchev–Trinajstić information content (AvgIpc) is 3.05. The predicted octanol–water partition coefficient (Wildman–Crippen LogP) is 3.62. The number of morpholine rings is 1. The molecule has 0 spiro atoms. The Morgan fingerprint density at radius 1 is 1.09 bits per heavy atom. The number of aliphatic hydroxyl groups excluding tert-OH is 1. The van der Waals surface area contributed by atoms with Crippen LogP contribution in [0.2, 0.25) is 5.02 Å². The second-order valence-corrected chi connectivity index (χ2v) is 8.30.